The molecule has 1 heterocycles. The molecule has 1 aromatic carbocycles. The van der Waals surface area contributed by atoms with Crippen LogP contribution in [0.3, 0.4) is 0 Å². The van der Waals surface area contributed by atoms with Crippen molar-refractivity contribution in [3.05, 3.63) is 35.9 Å². The van der Waals surface area contributed by atoms with Gasteiger partial charge in [-0.25, -0.2) is 4.79 Å². The Morgan fingerprint density at radius 2 is 1.44 bits per heavy atom. The largest absolute Gasteiger partial charge is 0.463 e. The summed E-state index contributed by atoms with van der Waals surface area (Å²) in [7, 11) is 0. The van der Waals surface area contributed by atoms with E-state index >= 15 is 0 Å². The second kappa shape index (κ2) is 19.9. The highest BCUT2D eigenvalue weighted by Gasteiger charge is 2.51. The van der Waals surface area contributed by atoms with E-state index in [1.165, 1.54) is 13.8 Å². The van der Waals surface area contributed by atoms with Crippen molar-refractivity contribution in [3.63, 3.8) is 0 Å². The van der Waals surface area contributed by atoms with Gasteiger partial charge < -0.3 is 44.4 Å². The predicted molar refractivity (Wildman–Crippen MR) is 156 cm³/mol. The van der Waals surface area contributed by atoms with Gasteiger partial charge in [0.2, 0.25) is 11.8 Å². The van der Waals surface area contributed by atoms with Gasteiger partial charge in [0.1, 0.15) is 25.4 Å². The quantitative estimate of drug-likeness (QED) is 0.126. The van der Waals surface area contributed by atoms with Gasteiger partial charge in [-0.05, 0) is 24.8 Å². The van der Waals surface area contributed by atoms with Crippen LogP contribution in [0.15, 0.2) is 30.3 Å². The summed E-state index contributed by atoms with van der Waals surface area (Å²) < 4.78 is 32.8. The molecule has 1 saturated heterocycles. The number of nitrogens with one attached hydrogen (secondary N) is 3. The van der Waals surface area contributed by atoms with Crippen molar-refractivity contribution in [2.45, 2.75) is 90.6 Å². The molecular weight excluding hydrogens is 594 g/mol. The van der Waals surface area contributed by atoms with E-state index in [0.717, 1.165) is 19.4 Å². The normalized spacial score (nSPS) is 20.7. The summed E-state index contributed by atoms with van der Waals surface area (Å²) in [5.41, 5.74) is 0.881. The fourth-order valence-electron chi connectivity index (χ4n) is 4.39. The van der Waals surface area contributed by atoms with E-state index in [0.29, 0.717) is 32.4 Å². The number of rotatable bonds is 17. The fourth-order valence-corrected chi connectivity index (χ4v) is 4.39. The minimum absolute atomic E-state index is 0.106. The van der Waals surface area contributed by atoms with Crippen molar-refractivity contribution in [1.82, 2.24) is 16.0 Å². The number of esters is 3. The molecule has 0 bridgehead atoms. The number of benzene rings is 1. The van der Waals surface area contributed by atoms with Gasteiger partial charge >= 0.3 is 24.0 Å². The number of hydrogen-bond donors (Lipinski definition) is 3. The lowest BCUT2D eigenvalue weighted by molar-refractivity contribution is -0.277. The van der Waals surface area contributed by atoms with Gasteiger partial charge in [-0.3, -0.25) is 24.0 Å². The first-order chi connectivity index (χ1) is 21.5. The van der Waals surface area contributed by atoms with Gasteiger partial charge in [0.15, 0.2) is 18.5 Å². The Morgan fingerprint density at radius 3 is 2.09 bits per heavy atom. The van der Waals surface area contributed by atoms with Crippen LogP contribution < -0.4 is 16.0 Å². The molecule has 45 heavy (non-hydrogen) atoms. The van der Waals surface area contributed by atoms with Crippen molar-refractivity contribution in [1.29, 1.82) is 0 Å². The van der Waals surface area contributed by atoms with Gasteiger partial charge in [0, 0.05) is 53.8 Å². The maximum absolute atomic E-state index is 12.2. The maximum Gasteiger partial charge on any atom is 0.407 e. The molecule has 1 fully saturated rings. The maximum atomic E-state index is 12.2. The van der Waals surface area contributed by atoms with E-state index in [4.69, 9.17) is 28.4 Å². The second-order valence-electron chi connectivity index (χ2n) is 10.2. The minimum atomic E-state index is -1.21. The molecule has 15 heteroatoms. The number of alkyl carbamates (subject to hydrolysis) is 1. The van der Waals surface area contributed by atoms with Crippen molar-refractivity contribution in [3.8, 4) is 0 Å². The zero-order valence-electron chi connectivity index (χ0n) is 26.0. The highest BCUT2D eigenvalue weighted by atomic mass is 16.7. The van der Waals surface area contributed by atoms with E-state index in [9.17, 15) is 28.8 Å². The van der Waals surface area contributed by atoms with Crippen LogP contribution >= 0.6 is 0 Å². The number of unbranched alkanes of at least 4 members (excludes halogenated alkanes) is 1. The van der Waals surface area contributed by atoms with Gasteiger partial charge in [-0.2, -0.15) is 0 Å². The minimum Gasteiger partial charge on any atom is -0.463 e. The molecule has 0 aliphatic carbocycles. The van der Waals surface area contributed by atoms with E-state index in [1.807, 2.05) is 30.3 Å². The summed E-state index contributed by atoms with van der Waals surface area (Å²) in [6, 6.07) is 8.24. The van der Waals surface area contributed by atoms with E-state index < -0.39 is 60.6 Å². The van der Waals surface area contributed by atoms with Crippen LogP contribution in [0.25, 0.3) is 0 Å². The second-order valence-corrected chi connectivity index (χ2v) is 10.2. The molecule has 0 unspecified atom stereocenters. The predicted octanol–water partition coefficient (Wildman–Crippen LogP) is 1.26. The van der Waals surface area contributed by atoms with Gasteiger partial charge in [0.25, 0.3) is 0 Å². The average molecular weight is 638 g/mol. The summed E-state index contributed by atoms with van der Waals surface area (Å²) in [5, 5.41) is 8.04. The van der Waals surface area contributed by atoms with Gasteiger partial charge in [-0.15, -0.1) is 0 Å². The lowest BCUT2D eigenvalue weighted by Crippen LogP contribution is -2.66. The monoisotopic (exact) mass is 637 g/mol. The summed E-state index contributed by atoms with van der Waals surface area (Å²) in [4.78, 5) is 71.2. The van der Waals surface area contributed by atoms with Crippen molar-refractivity contribution in [2.24, 2.45) is 0 Å². The summed E-state index contributed by atoms with van der Waals surface area (Å²) >= 11 is 0. The molecular formula is C30H43N3O12. The summed E-state index contributed by atoms with van der Waals surface area (Å²) in [5.74, 6) is -2.67. The Balaban J connectivity index is 1.79. The zero-order valence-corrected chi connectivity index (χ0v) is 26.0. The van der Waals surface area contributed by atoms with Crippen LogP contribution in [-0.2, 0) is 59.0 Å². The smallest absolute Gasteiger partial charge is 0.407 e. The molecule has 2 rings (SSSR count). The molecule has 0 aromatic heterocycles. The van der Waals surface area contributed by atoms with Crippen LogP contribution in [0.1, 0.15) is 58.9 Å². The highest BCUT2D eigenvalue weighted by Crippen LogP contribution is 2.28. The zero-order chi connectivity index (χ0) is 33.2. The van der Waals surface area contributed by atoms with Crippen LogP contribution in [0, 0.1) is 0 Å². The first-order valence-corrected chi connectivity index (χ1v) is 14.7. The molecule has 0 spiro atoms. The molecule has 1 aliphatic heterocycles. The third kappa shape index (κ3) is 14.9. The number of amides is 3. The standard InChI is InChI=1S/C30H43N3O12/c1-19(34)33-26-28(44-22(4)37)27(43-21(3)36)24(18-41-20(2)35)45-29(26)40-16-9-8-13-25(38)31-14-10-15-32-30(39)42-17-23-11-6-5-7-12-23/h5-7,11-12,24,26-29H,8-10,13-18H2,1-4H3,(H,31,38)(H,32,39)(H,33,34)/t24-,26-,27+,28-,29-/m1/s1. The molecule has 3 amide bonds. The van der Waals surface area contributed by atoms with E-state index in [-0.39, 0.29) is 32.1 Å². The van der Waals surface area contributed by atoms with Crippen LogP contribution in [0.4, 0.5) is 4.79 Å². The number of ether oxygens (including phenoxy) is 6. The van der Waals surface area contributed by atoms with Crippen LogP contribution in [-0.4, -0.2) is 92.8 Å². The molecule has 250 valence electrons. The van der Waals surface area contributed by atoms with Gasteiger partial charge in [0.05, 0.1) is 0 Å². The van der Waals surface area contributed by atoms with Crippen molar-refractivity contribution < 1.29 is 57.2 Å². The summed E-state index contributed by atoms with van der Waals surface area (Å²) in [6.45, 7) is 5.41. The highest BCUT2D eigenvalue weighted by molar-refractivity contribution is 5.75. The van der Waals surface area contributed by atoms with Crippen LogP contribution in [0.5, 0.6) is 0 Å². The first kappa shape index (κ1) is 36.9. The van der Waals surface area contributed by atoms with Crippen LogP contribution in [0.2, 0.25) is 0 Å². The lowest BCUT2D eigenvalue weighted by atomic mass is 9.96. The van der Waals surface area contributed by atoms with E-state index in [2.05, 4.69) is 16.0 Å². The Labute approximate surface area is 261 Å². The molecule has 3 N–H and O–H groups in total. The van der Waals surface area contributed by atoms with Gasteiger partial charge in [-0.1, -0.05) is 30.3 Å². The third-order valence-electron chi connectivity index (χ3n) is 6.31. The first-order valence-electron chi connectivity index (χ1n) is 14.7. The van der Waals surface area contributed by atoms with Crippen molar-refractivity contribution in [2.75, 3.05) is 26.3 Å². The SMILES string of the molecule is CC(=O)N[C@H]1[C@H](OCCCCC(=O)NCCCNC(=O)OCc2ccccc2)O[C@H](COC(C)=O)[C@H](OC(C)=O)[C@@H]1OC(C)=O. The topological polar surface area (TPSA) is 194 Å². The molecule has 5 atom stereocenters. The number of hydrogen-bond acceptors (Lipinski definition) is 12. The van der Waals surface area contributed by atoms with Crippen molar-refractivity contribution >= 4 is 35.8 Å². The molecule has 1 aromatic rings. The molecule has 1 aliphatic rings. The molecule has 0 radical (unpaired) electrons. The Morgan fingerprint density at radius 1 is 0.778 bits per heavy atom. The molecule has 15 nitrogen and oxygen atoms in total. The Bertz CT molecular complexity index is 1130. The third-order valence-corrected chi connectivity index (χ3v) is 6.31. The number of carbonyl (C=O) groups is 6. The lowest BCUT2D eigenvalue weighted by Gasteiger charge is -2.44. The summed E-state index contributed by atoms with van der Waals surface area (Å²) in [6.07, 6.45) is -3.53. The Hall–Kier alpha value is -4.24. The fraction of sp³-hybridized carbons (Fsp3) is 0.600. The Kier molecular flexibility index (Phi) is 16.4. The average Bonchev–Trinajstić information content (AvgIpc) is 2.97. The number of carbonyl (C=O) groups excluding carboxylic acids is 6. The molecule has 0 saturated carbocycles. The van der Waals surface area contributed by atoms with E-state index in [1.54, 1.807) is 0 Å².